The Labute approximate surface area is 163 Å². The van der Waals surface area contributed by atoms with E-state index in [0.717, 1.165) is 23.0 Å². The fourth-order valence-electron chi connectivity index (χ4n) is 2.06. The van der Waals surface area contributed by atoms with Gasteiger partial charge in [-0.25, -0.2) is 0 Å². The number of anilines is 1. The van der Waals surface area contributed by atoms with E-state index in [0.29, 0.717) is 23.2 Å². The van der Waals surface area contributed by atoms with E-state index >= 15 is 0 Å². The van der Waals surface area contributed by atoms with Crippen LogP contribution in [0.4, 0.5) is 5.69 Å². The van der Waals surface area contributed by atoms with E-state index in [4.69, 9.17) is 33.3 Å². The van der Waals surface area contributed by atoms with Gasteiger partial charge in [-0.3, -0.25) is 0 Å². The van der Waals surface area contributed by atoms with E-state index in [-0.39, 0.29) is 0 Å². The van der Waals surface area contributed by atoms with Gasteiger partial charge in [-0.05, 0) is 55.5 Å². The van der Waals surface area contributed by atoms with Gasteiger partial charge in [0.15, 0.2) is 16.6 Å². The molecule has 2 aromatic carbocycles. The Kier molecular flexibility index (Phi) is 8.18. The third-order valence-corrected chi connectivity index (χ3v) is 4.70. The zero-order chi connectivity index (χ0) is 18.1. The summed E-state index contributed by atoms with van der Waals surface area (Å²) in [4.78, 5) is 1.18. The van der Waals surface area contributed by atoms with E-state index in [1.54, 1.807) is 18.9 Å². The van der Waals surface area contributed by atoms with Crippen LogP contribution in [0.1, 0.15) is 6.92 Å². The Balaban J connectivity index is 1.77. The van der Waals surface area contributed by atoms with Gasteiger partial charge in [-0.1, -0.05) is 11.6 Å². The fourth-order valence-corrected chi connectivity index (χ4v) is 3.17. The van der Waals surface area contributed by atoms with Crippen molar-refractivity contribution in [2.24, 2.45) is 0 Å². The molecule has 0 aliphatic heterocycles. The first-order valence-electron chi connectivity index (χ1n) is 7.86. The lowest BCUT2D eigenvalue weighted by atomic mass is 10.3. The lowest BCUT2D eigenvalue weighted by Crippen LogP contribution is -2.30. The molecular weight excluding hydrogens is 376 g/mol. The van der Waals surface area contributed by atoms with Crippen LogP contribution in [-0.4, -0.2) is 31.1 Å². The maximum Gasteiger partial charge on any atom is 0.170 e. The third-order valence-electron chi connectivity index (χ3n) is 3.19. The number of hydrogen-bond acceptors (Lipinski definition) is 4. The van der Waals surface area contributed by atoms with Crippen LogP contribution >= 0.6 is 35.6 Å². The van der Waals surface area contributed by atoms with Gasteiger partial charge < -0.3 is 20.1 Å². The highest BCUT2D eigenvalue weighted by Crippen LogP contribution is 2.30. The number of rotatable bonds is 8. The summed E-state index contributed by atoms with van der Waals surface area (Å²) in [6.07, 6.45) is 0. The minimum Gasteiger partial charge on any atom is -0.493 e. The molecule has 0 unspecified atom stereocenters. The molecule has 0 amide bonds. The van der Waals surface area contributed by atoms with Crippen molar-refractivity contribution in [1.82, 2.24) is 5.32 Å². The molecule has 0 spiro atoms. The summed E-state index contributed by atoms with van der Waals surface area (Å²) in [6.45, 7) is 3.29. The Hall–Kier alpha value is -1.63. The summed E-state index contributed by atoms with van der Waals surface area (Å²) in [5.74, 6) is 2.29. The SMILES string of the molecule is CCOc1ccc(NC(=S)NCCSc2ccc(Cl)cc2)cc1OC. The van der Waals surface area contributed by atoms with Gasteiger partial charge in [0, 0.05) is 34.0 Å². The number of nitrogens with one attached hydrogen (secondary N) is 2. The smallest absolute Gasteiger partial charge is 0.170 e. The van der Waals surface area contributed by atoms with Crippen molar-refractivity contribution in [3.63, 3.8) is 0 Å². The molecule has 0 bridgehead atoms. The van der Waals surface area contributed by atoms with Gasteiger partial charge in [0.1, 0.15) is 0 Å². The van der Waals surface area contributed by atoms with Crippen LogP contribution in [0, 0.1) is 0 Å². The molecular formula is C18H21ClN2O2S2. The van der Waals surface area contributed by atoms with Crippen LogP contribution in [-0.2, 0) is 0 Å². The maximum atomic E-state index is 5.88. The summed E-state index contributed by atoms with van der Waals surface area (Å²) in [5.41, 5.74) is 0.850. The van der Waals surface area contributed by atoms with Crippen molar-refractivity contribution in [3.8, 4) is 11.5 Å². The first-order chi connectivity index (χ1) is 12.1. The molecule has 2 N–H and O–H groups in total. The van der Waals surface area contributed by atoms with Crippen LogP contribution in [0.2, 0.25) is 5.02 Å². The summed E-state index contributed by atoms with van der Waals surface area (Å²) < 4.78 is 10.8. The van der Waals surface area contributed by atoms with E-state index in [2.05, 4.69) is 10.6 Å². The van der Waals surface area contributed by atoms with E-state index in [1.165, 1.54) is 4.90 Å². The second kappa shape index (κ2) is 10.4. The highest BCUT2D eigenvalue weighted by atomic mass is 35.5. The number of benzene rings is 2. The minimum absolute atomic E-state index is 0.572. The van der Waals surface area contributed by atoms with Gasteiger partial charge >= 0.3 is 0 Å². The number of halogens is 1. The van der Waals surface area contributed by atoms with Gasteiger partial charge in [-0.15, -0.1) is 11.8 Å². The quantitative estimate of drug-likeness (QED) is 0.378. The molecule has 0 aromatic heterocycles. The minimum atomic E-state index is 0.572. The highest BCUT2D eigenvalue weighted by Gasteiger charge is 2.06. The second-order valence-corrected chi connectivity index (χ2v) is 6.99. The number of thiocarbonyl (C=S) groups is 1. The largest absolute Gasteiger partial charge is 0.493 e. The number of thioether (sulfide) groups is 1. The molecule has 0 aliphatic rings. The first kappa shape index (κ1) is 19.7. The second-order valence-electron chi connectivity index (χ2n) is 4.98. The molecule has 0 saturated heterocycles. The normalized spacial score (nSPS) is 10.2. The molecule has 7 heteroatoms. The molecule has 2 rings (SSSR count). The zero-order valence-electron chi connectivity index (χ0n) is 14.2. The average Bonchev–Trinajstić information content (AvgIpc) is 2.61. The van der Waals surface area contributed by atoms with Gasteiger partial charge in [0.2, 0.25) is 0 Å². The summed E-state index contributed by atoms with van der Waals surface area (Å²) >= 11 is 12.9. The van der Waals surface area contributed by atoms with Crippen LogP contribution in [0.5, 0.6) is 11.5 Å². The fraction of sp³-hybridized carbons (Fsp3) is 0.278. The van der Waals surface area contributed by atoms with Crippen LogP contribution in [0.15, 0.2) is 47.4 Å². The summed E-state index contributed by atoms with van der Waals surface area (Å²) in [5, 5.41) is 7.66. The van der Waals surface area contributed by atoms with Crippen molar-refractivity contribution < 1.29 is 9.47 Å². The standard InChI is InChI=1S/C18H21ClN2O2S2/c1-3-23-16-9-6-14(12-17(16)22-2)21-18(24)20-10-11-25-15-7-4-13(19)5-8-15/h4-9,12H,3,10-11H2,1-2H3,(H2,20,21,24). The van der Waals surface area contributed by atoms with Gasteiger partial charge in [0.05, 0.1) is 13.7 Å². The Morgan fingerprint density at radius 1 is 1.16 bits per heavy atom. The lowest BCUT2D eigenvalue weighted by Gasteiger charge is -2.13. The topological polar surface area (TPSA) is 42.5 Å². The van der Waals surface area contributed by atoms with Crippen LogP contribution < -0.4 is 20.1 Å². The molecule has 0 radical (unpaired) electrons. The van der Waals surface area contributed by atoms with E-state index < -0.39 is 0 Å². The molecule has 134 valence electrons. The average molecular weight is 397 g/mol. The number of ether oxygens (including phenoxy) is 2. The van der Waals surface area contributed by atoms with E-state index in [9.17, 15) is 0 Å². The van der Waals surface area contributed by atoms with Crippen molar-refractivity contribution in [3.05, 3.63) is 47.5 Å². The summed E-state index contributed by atoms with van der Waals surface area (Å²) in [7, 11) is 1.62. The lowest BCUT2D eigenvalue weighted by molar-refractivity contribution is 0.311. The van der Waals surface area contributed by atoms with Crippen LogP contribution in [0.3, 0.4) is 0 Å². The molecule has 0 heterocycles. The first-order valence-corrected chi connectivity index (χ1v) is 9.63. The monoisotopic (exact) mass is 396 g/mol. The van der Waals surface area contributed by atoms with Crippen molar-refractivity contribution in [2.45, 2.75) is 11.8 Å². The zero-order valence-corrected chi connectivity index (χ0v) is 16.6. The summed E-state index contributed by atoms with van der Waals surface area (Å²) in [6, 6.07) is 13.4. The van der Waals surface area contributed by atoms with E-state index in [1.807, 2.05) is 49.4 Å². The molecule has 0 fully saturated rings. The Morgan fingerprint density at radius 3 is 2.60 bits per heavy atom. The predicted molar refractivity (Wildman–Crippen MR) is 111 cm³/mol. The Morgan fingerprint density at radius 2 is 1.92 bits per heavy atom. The number of hydrogen-bond donors (Lipinski definition) is 2. The highest BCUT2D eigenvalue weighted by molar-refractivity contribution is 7.99. The van der Waals surface area contributed by atoms with Crippen LogP contribution in [0.25, 0.3) is 0 Å². The molecule has 4 nitrogen and oxygen atoms in total. The van der Waals surface area contributed by atoms with Crippen molar-refractivity contribution in [2.75, 3.05) is 31.3 Å². The third kappa shape index (κ3) is 6.65. The maximum absolute atomic E-state index is 5.88. The van der Waals surface area contributed by atoms with Gasteiger partial charge in [0.25, 0.3) is 0 Å². The molecule has 2 aromatic rings. The molecule has 0 saturated carbocycles. The van der Waals surface area contributed by atoms with Gasteiger partial charge in [-0.2, -0.15) is 0 Å². The number of methoxy groups -OCH3 is 1. The molecule has 0 aliphatic carbocycles. The van der Waals surface area contributed by atoms with Crippen molar-refractivity contribution >= 4 is 46.4 Å². The molecule has 25 heavy (non-hydrogen) atoms. The predicted octanol–water partition coefficient (Wildman–Crippen LogP) is 4.83. The van der Waals surface area contributed by atoms with Crippen molar-refractivity contribution in [1.29, 1.82) is 0 Å². The molecule has 0 atom stereocenters. The Bertz CT molecular complexity index is 696.